The number of esters is 1. The van der Waals surface area contributed by atoms with E-state index in [9.17, 15) is 14.4 Å². The van der Waals surface area contributed by atoms with Gasteiger partial charge in [-0.15, -0.1) is 0 Å². The highest BCUT2D eigenvalue weighted by Gasteiger charge is 2.21. The van der Waals surface area contributed by atoms with Crippen LogP contribution in [0.25, 0.3) is 16.9 Å². The van der Waals surface area contributed by atoms with Gasteiger partial charge in [-0.25, -0.2) is 24.1 Å². The van der Waals surface area contributed by atoms with Gasteiger partial charge in [-0.05, 0) is 24.1 Å². The molecule has 176 valence electrons. The lowest BCUT2D eigenvalue weighted by Gasteiger charge is -2.12. The van der Waals surface area contributed by atoms with Crippen LogP contribution in [0, 0.1) is 0 Å². The number of benzene rings is 2. The maximum Gasteiger partial charge on any atom is 0.360 e. The van der Waals surface area contributed by atoms with Gasteiger partial charge < -0.3 is 13.7 Å². The first-order valence-corrected chi connectivity index (χ1v) is 10.9. The van der Waals surface area contributed by atoms with Crippen LogP contribution >= 0.6 is 0 Å². The second-order valence-corrected chi connectivity index (χ2v) is 7.81. The van der Waals surface area contributed by atoms with Crippen molar-refractivity contribution >= 4 is 17.1 Å². The Kier molecular flexibility index (Phi) is 5.84. The minimum Gasteiger partial charge on any atom is -0.464 e. The van der Waals surface area contributed by atoms with Crippen molar-refractivity contribution in [1.82, 2.24) is 23.7 Å². The summed E-state index contributed by atoms with van der Waals surface area (Å²) >= 11 is 0. The van der Waals surface area contributed by atoms with E-state index in [4.69, 9.17) is 4.42 Å². The number of carbonyl (C=O) groups excluding carboxylic acids is 1. The Morgan fingerprint density at radius 3 is 2.46 bits per heavy atom. The van der Waals surface area contributed by atoms with Crippen LogP contribution in [0.5, 0.6) is 0 Å². The van der Waals surface area contributed by atoms with Crippen LogP contribution in [0.2, 0.25) is 0 Å². The molecule has 0 spiro atoms. The van der Waals surface area contributed by atoms with Crippen LogP contribution in [0.15, 0.2) is 87.3 Å². The standard InChI is InChI=1S/C25H21N5O5/c1-34-24(32)19-15-35-20(27-19)14-28-16-26-22-21(28)23(31)29(13-12-17-8-4-2-5-9-17)25(33)30(22)18-10-6-3-7-11-18/h2-11,15-16H,12-14H2,1H3. The van der Waals surface area contributed by atoms with Crippen LogP contribution in [0.1, 0.15) is 21.9 Å². The summed E-state index contributed by atoms with van der Waals surface area (Å²) in [7, 11) is 1.25. The van der Waals surface area contributed by atoms with Gasteiger partial charge in [-0.2, -0.15) is 0 Å². The Morgan fingerprint density at radius 1 is 1.03 bits per heavy atom. The van der Waals surface area contributed by atoms with Crippen LogP contribution in [-0.2, 0) is 24.2 Å². The number of hydrogen-bond donors (Lipinski definition) is 0. The lowest BCUT2D eigenvalue weighted by molar-refractivity contribution is 0.0594. The van der Waals surface area contributed by atoms with Gasteiger partial charge in [0.05, 0.1) is 19.1 Å². The summed E-state index contributed by atoms with van der Waals surface area (Å²) < 4.78 is 14.2. The number of nitrogens with zero attached hydrogens (tertiary/aromatic N) is 5. The summed E-state index contributed by atoms with van der Waals surface area (Å²) in [6.45, 7) is 0.232. The molecule has 0 amide bonds. The number of aromatic nitrogens is 5. The Morgan fingerprint density at radius 2 is 1.74 bits per heavy atom. The summed E-state index contributed by atoms with van der Waals surface area (Å²) in [5.41, 5.74) is 1.12. The molecule has 0 N–H and O–H groups in total. The maximum atomic E-state index is 13.5. The Labute approximate surface area is 198 Å². The highest BCUT2D eigenvalue weighted by molar-refractivity contribution is 5.86. The molecule has 0 saturated carbocycles. The van der Waals surface area contributed by atoms with Crippen molar-refractivity contribution in [1.29, 1.82) is 0 Å². The number of oxazole rings is 1. The molecule has 0 aliphatic rings. The van der Waals surface area contributed by atoms with Crippen molar-refractivity contribution in [3.8, 4) is 5.69 Å². The van der Waals surface area contributed by atoms with Gasteiger partial charge in [0.25, 0.3) is 5.56 Å². The molecule has 10 heteroatoms. The van der Waals surface area contributed by atoms with Crippen LogP contribution in [0.3, 0.4) is 0 Å². The van der Waals surface area contributed by atoms with E-state index in [2.05, 4.69) is 14.7 Å². The topological polar surface area (TPSA) is 114 Å². The van der Waals surface area contributed by atoms with E-state index < -0.39 is 17.2 Å². The van der Waals surface area contributed by atoms with Crippen molar-refractivity contribution in [2.24, 2.45) is 0 Å². The van der Waals surface area contributed by atoms with Gasteiger partial charge in [0.1, 0.15) is 12.8 Å². The molecule has 0 saturated heterocycles. The molecule has 35 heavy (non-hydrogen) atoms. The molecular formula is C25H21N5O5. The van der Waals surface area contributed by atoms with E-state index in [0.29, 0.717) is 12.1 Å². The first-order chi connectivity index (χ1) is 17.1. The number of aryl methyl sites for hydroxylation is 1. The Balaban J connectivity index is 1.64. The summed E-state index contributed by atoms with van der Waals surface area (Å²) in [5.74, 6) is -0.436. The van der Waals surface area contributed by atoms with Gasteiger partial charge in [0.15, 0.2) is 16.9 Å². The van der Waals surface area contributed by atoms with Crippen molar-refractivity contribution in [2.75, 3.05) is 7.11 Å². The van der Waals surface area contributed by atoms with Crippen molar-refractivity contribution in [3.63, 3.8) is 0 Å². The fourth-order valence-electron chi connectivity index (χ4n) is 3.92. The minimum absolute atomic E-state index is 0.0217. The van der Waals surface area contributed by atoms with Crippen molar-refractivity contribution < 1.29 is 13.9 Å². The third kappa shape index (κ3) is 4.17. The zero-order valence-electron chi connectivity index (χ0n) is 18.8. The summed E-state index contributed by atoms with van der Waals surface area (Å²) in [5, 5.41) is 0. The fraction of sp³-hybridized carbons (Fsp3) is 0.160. The van der Waals surface area contributed by atoms with Crippen LogP contribution in [0.4, 0.5) is 0 Å². The predicted molar refractivity (Wildman–Crippen MR) is 127 cm³/mol. The molecule has 0 fully saturated rings. The van der Waals surface area contributed by atoms with Crippen LogP contribution < -0.4 is 11.2 Å². The molecule has 0 unspecified atom stereocenters. The molecular weight excluding hydrogens is 450 g/mol. The highest BCUT2D eigenvalue weighted by Crippen LogP contribution is 2.15. The number of imidazole rings is 1. The molecule has 5 rings (SSSR count). The number of carbonyl (C=O) groups is 1. The third-order valence-corrected chi connectivity index (χ3v) is 5.63. The van der Waals surface area contributed by atoms with E-state index in [1.165, 1.54) is 28.8 Å². The smallest absolute Gasteiger partial charge is 0.360 e. The zero-order chi connectivity index (χ0) is 24.4. The minimum atomic E-state index is -0.628. The SMILES string of the molecule is COC(=O)c1coc(Cn2cnc3c2c(=O)n(CCc2ccccc2)c(=O)n3-c2ccccc2)n1. The average Bonchev–Trinajstić information content (AvgIpc) is 3.53. The van der Waals surface area contributed by atoms with E-state index in [0.717, 1.165) is 5.56 Å². The van der Waals surface area contributed by atoms with Crippen molar-refractivity contribution in [3.05, 3.63) is 111 Å². The number of methoxy groups -OCH3 is 1. The molecule has 5 aromatic rings. The Bertz CT molecular complexity index is 1610. The second kappa shape index (κ2) is 9.26. The van der Waals surface area contributed by atoms with Gasteiger partial charge in [-0.1, -0.05) is 48.5 Å². The monoisotopic (exact) mass is 471 g/mol. The van der Waals surface area contributed by atoms with E-state index in [-0.39, 0.29) is 35.8 Å². The number of fused-ring (bicyclic) bond motifs is 1. The van der Waals surface area contributed by atoms with Crippen LogP contribution in [-0.4, -0.2) is 36.7 Å². The molecule has 0 radical (unpaired) electrons. The highest BCUT2D eigenvalue weighted by atomic mass is 16.5. The van der Waals surface area contributed by atoms with Gasteiger partial charge in [0, 0.05) is 6.54 Å². The molecule has 2 aromatic carbocycles. The lowest BCUT2D eigenvalue weighted by atomic mass is 10.1. The Hall–Kier alpha value is -4.73. The van der Waals surface area contributed by atoms with Crippen molar-refractivity contribution in [2.45, 2.75) is 19.5 Å². The van der Waals surface area contributed by atoms with Gasteiger partial charge >= 0.3 is 11.7 Å². The molecule has 0 aliphatic carbocycles. The first-order valence-electron chi connectivity index (χ1n) is 10.9. The molecule has 3 heterocycles. The first kappa shape index (κ1) is 22.1. The number of ether oxygens (including phenoxy) is 1. The summed E-state index contributed by atoms with van der Waals surface area (Å²) in [6.07, 6.45) is 3.15. The zero-order valence-corrected chi connectivity index (χ0v) is 18.8. The van der Waals surface area contributed by atoms with E-state index in [1.54, 1.807) is 16.7 Å². The quantitative estimate of drug-likeness (QED) is 0.335. The lowest BCUT2D eigenvalue weighted by Crippen LogP contribution is -2.40. The molecule has 0 atom stereocenters. The predicted octanol–water partition coefficient (Wildman–Crippen LogP) is 2.41. The third-order valence-electron chi connectivity index (χ3n) is 5.63. The fourth-order valence-corrected chi connectivity index (χ4v) is 3.92. The average molecular weight is 471 g/mol. The number of para-hydroxylation sites is 1. The molecule has 0 aliphatic heterocycles. The molecule has 10 nitrogen and oxygen atoms in total. The largest absolute Gasteiger partial charge is 0.464 e. The van der Waals surface area contributed by atoms with E-state index >= 15 is 0 Å². The maximum absolute atomic E-state index is 13.5. The molecule has 0 bridgehead atoms. The van der Waals surface area contributed by atoms with Gasteiger partial charge in [-0.3, -0.25) is 9.36 Å². The normalized spacial score (nSPS) is 11.1. The second-order valence-electron chi connectivity index (χ2n) is 7.81. The van der Waals surface area contributed by atoms with Gasteiger partial charge in [0.2, 0.25) is 5.89 Å². The van der Waals surface area contributed by atoms with E-state index in [1.807, 2.05) is 48.5 Å². The number of hydrogen-bond acceptors (Lipinski definition) is 7. The number of rotatable bonds is 7. The summed E-state index contributed by atoms with van der Waals surface area (Å²) in [4.78, 5) is 47.3. The summed E-state index contributed by atoms with van der Waals surface area (Å²) in [6, 6.07) is 18.7. The molecule has 3 aromatic heterocycles.